The second kappa shape index (κ2) is 5.97. The fourth-order valence-electron chi connectivity index (χ4n) is 2.21. The minimum absolute atomic E-state index is 0.205. The molecular weight excluding hydrogens is 244 g/mol. The lowest BCUT2D eigenvalue weighted by Crippen LogP contribution is -2.42. The zero-order chi connectivity index (χ0) is 13.8. The van der Waals surface area contributed by atoms with Gasteiger partial charge in [0.05, 0.1) is 6.10 Å². The average molecular weight is 264 g/mol. The maximum atomic E-state index is 11.6. The molecular formula is C13H20N4O2. The zero-order valence-electron chi connectivity index (χ0n) is 11.3. The van der Waals surface area contributed by atoms with Gasteiger partial charge in [0.1, 0.15) is 0 Å². The van der Waals surface area contributed by atoms with Gasteiger partial charge in [-0.1, -0.05) is 6.92 Å². The third kappa shape index (κ3) is 3.20. The Balaban J connectivity index is 2.04. The van der Waals surface area contributed by atoms with Crippen LogP contribution in [0.2, 0.25) is 0 Å². The number of carbonyl (C=O) groups excluding carboxylic acids is 1. The first-order valence-electron chi connectivity index (χ1n) is 6.66. The third-order valence-electron chi connectivity index (χ3n) is 3.40. The smallest absolute Gasteiger partial charge is 0.271 e. The van der Waals surface area contributed by atoms with E-state index in [2.05, 4.69) is 20.4 Å². The topological polar surface area (TPSA) is 78.4 Å². The van der Waals surface area contributed by atoms with Crippen LogP contribution in [0.1, 0.15) is 30.8 Å². The minimum Gasteiger partial charge on any atom is -0.393 e. The lowest BCUT2D eigenvalue weighted by Gasteiger charge is -2.34. The summed E-state index contributed by atoms with van der Waals surface area (Å²) in [5.41, 5.74) is 0.329. The van der Waals surface area contributed by atoms with Crippen molar-refractivity contribution in [3.8, 4) is 0 Å². The number of hydrogen-bond acceptors (Lipinski definition) is 5. The SMILES string of the molecule is CCNC(=O)c1ccc(N2CCC(O)C(C)C2)nn1. The summed E-state index contributed by atoms with van der Waals surface area (Å²) >= 11 is 0. The number of aromatic nitrogens is 2. The summed E-state index contributed by atoms with van der Waals surface area (Å²) in [6, 6.07) is 3.49. The van der Waals surface area contributed by atoms with Crippen LogP contribution in [-0.4, -0.2) is 46.9 Å². The monoisotopic (exact) mass is 264 g/mol. The molecule has 0 aromatic carbocycles. The van der Waals surface area contributed by atoms with E-state index in [1.54, 1.807) is 6.07 Å². The van der Waals surface area contributed by atoms with Gasteiger partial charge in [-0.05, 0) is 31.4 Å². The fraction of sp³-hybridized carbons (Fsp3) is 0.615. The van der Waals surface area contributed by atoms with Gasteiger partial charge in [-0.3, -0.25) is 4.79 Å². The number of aliphatic hydroxyl groups excluding tert-OH is 1. The Labute approximate surface area is 112 Å². The van der Waals surface area contributed by atoms with E-state index in [9.17, 15) is 9.90 Å². The molecule has 2 unspecified atom stereocenters. The summed E-state index contributed by atoms with van der Waals surface area (Å²) in [6.07, 6.45) is 0.500. The highest BCUT2D eigenvalue weighted by Gasteiger charge is 2.25. The molecule has 19 heavy (non-hydrogen) atoms. The quantitative estimate of drug-likeness (QED) is 0.828. The standard InChI is InChI=1S/C13H20N4O2/c1-3-14-13(19)10-4-5-12(16-15-10)17-7-6-11(18)9(2)8-17/h4-5,9,11,18H,3,6-8H2,1-2H3,(H,14,19). The molecule has 2 heterocycles. The number of rotatable bonds is 3. The summed E-state index contributed by atoms with van der Waals surface area (Å²) < 4.78 is 0. The molecule has 6 heteroatoms. The van der Waals surface area contributed by atoms with Crippen LogP contribution in [0.4, 0.5) is 5.82 Å². The van der Waals surface area contributed by atoms with Gasteiger partial charge < -0.3 is 15.3 Å². The highest BCUT2D eigenvalue weighted by molar-refractivity contribution is 5.92. The summed E-state index contributed by atoms with van der Waals surface area (Å²) in [4.78, 5) is 13.7. The molecule has 2 N–H and O–H groups in total. The molecule has 2 rings (SSSR count). The maximum absolute atomic E-state index is 11.6. The summed E-state index contributed by atoms with van der Waals surface area (Å²) in [7, 11) is 0. The lowest BCUT2D eigenvalue weighted by atomic mass is 9.97. The van der Waals surface area contributed by atoms with E-state index in [1.807, 2.05) is 19.9 Å². The molecule has 1 aliphatic rings. The van der Waals surface area contributed by atoms with Crippen LogP contribution in [0.3, 0.4) is 0 Å². The van der Waals surface area contributed by atoms with Gasteiger partial charge in [0, 0.05) is 19.6 Å². The van der Waals surface area contributed by atoms with Crippen molar-refractivity contribution in [1.29, 1.82) is 0 Å². The molecule has 104 valence electrons. The van der Waals surface area contributed by atoms with Crippen LogP contribution < -0.4 is 10.2 Å². The number of nitrogens with zero attached hydrogens (tertiary/aromatic N) is 3. The number of amides is 1. The molecule has 1 aromatic heterocycles. The summed E-state index contributed by atoms with van der Waals surface area (Å²) in [5.74, 6) is 0.773. The van der Waals surface area contributed by atoms with E-state index in [-0.39, 0.29) is 17.9 Å². The van der Waals surface area contributed by atoms with Crippen LogP contribution >= 0.6 is 0 Å². The molecule has 6 nitrogen and oxygen atoms in total. The van der Waals surface area contributed by atoms with Gasteiger partial charge in [-0.15, -0.1) is 10.2 Å². The molecule has 1 aliphatic heterocycles. The number of nitrogens with one attached hydrogen (secondary N) is 1. The Morgan fingerprint density at radius 3 is 2.89 bits per heavy atom. The number of hydrogen-bond donors (Lipinski definition) is 2. The van der Waals surface area contributed by atoms with Gasteiger partial charge in [-0.25, -0.2) is 0 Å². The van der Waals surface area contributed by atoms with Crippen LogP contribution in [-0.2, 0) is 0 Å². The fourth-order valence-corrected chi connectivity index (χ4v) is 2.21. The Kier molecular flexibility index (Phi) is 4.31. The van der Waals surface area contributed by atoms with Crippen LogP contribution in [0.15, 0.2) is 12.1 Å². The molecule has 1 amide bonds. The van der Waals surface area contributed by atoms with Gasteiger partial charge in [0.25, 0.3) is 5.91 Å². The number of carbonyl (C=O) groups is 1. The van der Waals surface area contributed by atoms with Crippen LogP contribution in [0.5, 0.6) is 0 Å². The second-order valence-electron chi connectivity index (χ2n) is 4.92. The molecule has 1 saturated heterocycles. The second-order valence-corrected chi connectivity index (χ2v) is 4.92. The van der Waals surface area contributed by atoms with Crippen molar-refractivity contribution in [2.45, 2.75) is 26.4 Å². The third-order valence-corrected chi connectivity index (χ3v) is 3.40. The van der Waals surface area contributed by atoms with Gasteiger partial charge in [0.2, 0.25) is 0 Å². The van der Waals surface area contributed by atoms with Crippen LogP contribution in [0.25, 0.3) is 0 Å². The Bertz CT molecular complexity index is 435. The Morgan fingerprint density at radius 2 is 2.32 bits per heavy atom. The summed E-state index contributed by atoms with van der Waals surface area (Å²) in [6.45, 7) is 5.98. The molecule has 0 bridgehead atoms. The van der Waals surface area contributed by atoms with E-state index in [4.69, 9.17) is 0 Å². The van der Waals surface area contributed by atoms with Crippen molar-refractivity contribution in [3.05, 3.63) is 17.8 Å². The van der Waals surface area contributed by atoms with Crippen molar-refractivity contribution < 1.29 is 9.90 Å². The van der Waals surface area contributed by atoms with Crippen molar-refractivity contribution in [1.82, 2.24) is 15.5 Å². The first kappa shape index (κ1) is 13.7. The minimum atomic E-state index is -0.237. The Hall–Kier alpha value is -1.69. The normalized spacial score (nSPS) is 23.2. The van der Waals surface area contributed by atoms with Crippen molar-refractivity contribution in [2.24, 2.45) is 5.92 Å². The average Bonchev–Trinajstić information content (AvgIpc) is 2.42. The molecule has 0 aliphatic carbocycles. The molecule has 2 atom stereocenters. The summed E-state index contributed by atoms with van der Waals surface area (Å²) in [5, 5.41) is 20.4. The maximum Gasteiger partial charge on any atom is 0.271 e. The van der Waals surface area contributed by atoms with E-state index >= 15 is 0 Å². The van der Waals surface area contributed by atoms with Crippen LogP contribution in [0, 0.1) is 5.92 Å². The number of aliphatic hydroxyl groups is 1. The molecule has 1 fully saturated rings. The Morgan fingerprint density at radius 1 is 1.53 bits per heavy atom. The largest absolute Gasteiger partial charge is 0.393 e. The zero-order valence-corrected chi connectivity index (χ0v) is 11.3. The predicted molar refractivity (Wildman–Crippen MR) is 72.0 cm³/mol. The number of anilines is 1. The van der Waals surface area contributed by atoms with Crippen molar-refractivity contribution >= 4 is 11.7 Å². The van der Waals surface area contributed by atoms with Gasteiger partial charge >= 0.3 is 0 Å². The lowest BCUT2D eigenvalue weighted by molar-refractivity contribution is 0.0950. The number of piperidine rings is 1. The van der Waals surface area contributed by atoms with Gasteiger partial charge in [-0.2, -0.15) is 0 Å². The van der Waals surface area contributed by atoms with Crippen molar-refractivity contribution in [2.75, 3.05) is 24.5 Å². The van der Waals surface area contributed by atoms with E-state index in [0.717, 1.165) is 25.3 Å². The first-order chi connectivity index (χ1) is 9.11. The highest BCUT2D eigenvalue weighted by atomic mass is 16.3. The first-order valence-corrected chi connectivity index (χ1v) is 6.66. The predicted octanol–water partition coefficient (Wildman–Crippen LogP) is 0.433. The highest BCUT2D eigenvalue weighted by Crippen LogP contribution is 2.21. The molecule has 1 aromatic rings. The molecule has 0 saturated carbocycles. The van der Waals surface area contributed by atoms with Crippen molar-refractivity contribution in [3.63, 3.8) is 0 Å². The molecule has 0 spiro atoms. The van der Waals surface area contributed by atoms with E-state index in [1.165, 1.54) is 0 Å². The van der Waals surface area contributed by atoms with Gasteiger partial charge in [0.15, 0.2) is 11.5 Å². The van der Waals surface area contributed by atoms with E-state index in [0.29, 0.717) is 12.2 Å². The molecule has 0 radical (unpaired) electrons. The van der Waals surface area contributed by atoms with E-state index < -0.39 is 0 Å².